The molecule has 0 aliphatic carbocycles. The third-order valence-electron chi connectivity index (χ3n) is 2.40. The van der Waals surface area contributed by atoms with Gasteiger partial charge < -0.3 is 10.4 Å². The highest BCUT2D eigenvalue weighted by atomic mass is 16.4. The Morgan fingerprint density at radius 2 is 2.11 bits per heavy atom. The number of hydrogen-bond donors (Lipinski definition) is 2. The van der Waals surface area contributed by atoms with Crippen LogP contribution in [0.3, 0.4) is 0 Å². The van der Waals surface area contributed by atoms with Crippen molar-refractivity contribution in [3.8, 4) is 0 Å². The number of nitrogens with zero attached hydrogens (tertiary/aromatic N) is 3. The molecule has 0 unspecified atom stereocenters. The first kappa shape index (κ1) is 12.1. The molecule has 94 valence electrons. The third-order valence-corrected chi connectivity index (χ3v) is 2.40. The minimum atomic E-state index is -1.03. The van der Waals surface area contributed by atoms with E-state index in [1.54, 1.807) is 12.3 Å². The number of aromatic carboxylic acids is 1. The van der Waals surface area contributed by atoms with E-state index in [2.05, 4.69) is 15.4 Å². The summed E-state index contributed by atoms with van der Waals surface area (Å²) < 4.78 is 1.83. The molecule has 0 aliphatic rings. The van der Waals surface area contributed by atoms with Crippen molar-refractivity contribution in [3.05, 3.63) is 36.4 Å². The van der Waals surface area contributed by atoms with Crippen LogP contribution in [-0.4, -0.2) is 25.8 Å². The molecule has 0 spiro atoms. The lowest BCUT2D eigenvalue weighted by Gasteiger charge is -2.04. The van der Waals surface area contributed by atoms with E-state index in [1.807, 2.05) is 24.7 Å². The van der Waals surface area contributed by atoms with Crippen LogP contribution in [0, 0.1) is 0 Å². The van der Waals surface area contributed by atoms with Crippen molar-refractivity contribution in [1.29, 1.82) is 0 Å². The molecule has 0 saturated carbocycles. The second kappa shape index (κ2) is 4.87. The second-order valence-electron chi connectivity index (χ2n) is 4.17. The van der Waals surface area contributed by atoms with E-state index < -0.39 is 5.97 Å². The molecule has 6 heteroatoms. The van der Waals surface area contributed by atoms with Gasteiger partial charge in [-0.15, -0.1) is 0 Å². The predicted molar refractivity (Wildman–Crippen MR) is 67.1 cm³/mol. The van der Waals surface area contributed by atoms with Gasteiger partial charge in [-0.2, -0.15) is 5.10 Å². The fraction of sp³-hybridized carbons (Fsp3) is 0.250. The average molecular weight is 246 g/mol. The molecule has 0 amide bonds. The highest BCUT2D eigenvalue weighted by Gasteiger charge is 2.05. The lowest BCUT2D eigenvalue weighted by Crippen LogP contribution is -2.01. The Labute approximate surface area is 104 Å². The average Bonchev–Trinajstić information content (AvgIpc) is 2.78. The molecular formula is C12H14N4O2. The minimum Gasteiger partial charge on any atom is -0.477 e. The first-order valence-electron chi connectivity index (χ1n) is 5.57. The maximum atomic E-state index is 10.7. The Bertz CT molecular complexity index is 545. The fourth-order valence-electron chi connectivity index (χ4n) is 1.45. The normalized spacial score (nSPS) is 10.6. The predicted octanol–water partition coefficient (Wildman–Crippen LogP) is 2.30. The summed E-state index contributed by atoms with van der Waals surface area (Å²) in [5, 5.41) is 16.0. The summed E-state index contributed by atoms with van der Waals surface area (Å²) in [4.78, 5) is 14.5. The Morgan fingerprint density at radius 3 is 2.61 bits per heavy atom. The zero-order valence-corrected chi connectivity index (χ0v) is 10.2. The molecule has 6 nitrogen and oxygen atoms in total. The van der Waals surface area contributed by atoms with Crippen molar-refractivity contribution in [2.75, 3.05) is 5.32 Å². The van der Waals surface area contributed by atoms with Crippen LogP contribution >= 0.6 is 0 Å². The maximum Gasteiger partial charge on any atom is 0.354 e. The quantitative estimate of drug-likeness (QED) is 0.865. The van der Waals surface area contributed by atoms with E-state index in [0.717, 1.165) is 11.4 Å². The number of carboxylic acids is 1. The van der Waals surface area contributed by atoms with Crippen LogP contribution < -0.4 is 5.32 Å². The number of anilines is 2. The zero-order chi connectivity index (χ0) is 13.1. The van der Waals surface area contributed by atoms with E-state index in [-0.39, 0.29) is 5.69 Å². The Morgan fingerprint density at radius 1 is 1.33 bits per heavy atom. The molecule has 2 heterocycles. The number of nitrogens with one attached hydrogen (secondary N) is 1. The van der Waals surface area contributed by atoms with Crippen LogP contribution in [0.5, 0.6) is 0 Å². The van der Waals surface area contributed by atoms with Crippen molar-refractivity contribution in [2.45, 2.75) is 19.9 Å². The van der Waals surface area contributed by atoms with Crippen molar-refractivity contribution in [3.63, 3.8) is 0 Å². The SMILES string of the molecule is CC(C)n1cc(Nc2ccc(C(=O)O)nc2)cn1. The smallest absolute Gasteiger partial charge is 0.354 e. The lowest BCUT2D eigenvalue weighted by molar-refractivity contribution is 0.0690. The van der Waals surface area contributed by atoms with Crippen molar-refractivity contribution in [2.24, 2.45) is 0 Å². The van der Waals surface area contributed by atoms with Crippen molar-refractivity contribution >= 4 is 17.3 Å². The highest BCUT2D eigenvalue weighted by Crippen LogP contribution is 2.16. The van der Waals surface area contributed by atoms with Crippen molar-refractivity contribution in [1.82, 2.24) is 14.8 Å². The molecule has 2 aromatic rings. The molecule has 2 N–H and O–H groups in total. The molecule has 18 heavy (non-hydrogen) atoms. The second-order valence-corrected chi connectivity index (χ2v) is 4.17. The Balaban J connectivity index is 2.10. The Kier molecular flexibility index (Phi) is 3.27. The summed E-state index contributed by atoms with van der Waals surface area (Å²) in [6, 6.07) is 3.42. The number of carboxylic acid groups (broad SMARTS) is 1. The summed E-state index contributed by atoms with van der Waals surface area (Å²) in [5.74, 6) is -1.03. The van der Waals surface area contributed by atoms with Gasteiger partial charge in [0.1, 0.15) is 5.69 Å². The van der Waals surface area contributed by atoms with Gasteiger partial charge in [0.2, 0.25) is 0 Å². The van der Waals surface area contributed by atoms with E-state index in [4.69, 9.17) is 5.11 Å². The molecule has 0 fully saturated rings. The lowest BCUT2D eigenvalue weighted by atomic mass is 10.3. The zero-order valence-electron chi connectivity index (χ0n) is 10.2. The van der Waals surface area contributed by atoms with Gasteiger partial charge in [0, 0.05) is 12.2 Å². The molecule has 2 aromatic heterocycles. The number of hydrogen-bond acceptors (Lipinski definition) is 4. The van der Waals surface area contributed by atoms with E-state index in [0.29, 0.717) is 6.04 Å². The topological polar surface area (TPSA) is 80.0 Å². The first-order valence-corrected chi connectivity index (χ1v) is 5.57. The summed E-state index contributed by atoms with van der Waals surface area (Å²) in [5.41, 5.74) is 1.59. The van der Waals surface area contributed by atoms with Crippen LogP contribution in [0.25, 0.3) is 0 Å². The summed E-state index contributed by atoms with van der Waals surface area (Å²) >= 11 is 0. The van der Waals surface area contributed by atoms with Gasteiger partial charge in [-0.3, -0.25) is 4.68 Å². The molecule has 0 aliphatic heterocycles. The molecule has 0 saturated heterocycles. The van der Waals surface area contributed by atoms with E-state index in [1.165, 1.54) is 12.3 Å². The van der Waals surface area contributed by atoms with E-state index in [9.17, 15) is 4.79 Å². The van der Waals surface area contributed by atoms with Crippen LogP contribution in [0.2, 0.25) is 0 Å². The maximum absolute atomic E-state index is 10.7. The minimum absolute atomic E-state index is 0.0263. The van der Waals surface area contributed by atoms with Gasteiger partial charge in [-0.1, -0.05) is 0 Å². The molecule has 2 rings (SSSR count). The fourth-order valence-corrected chi connectivity index (χ4v) is 1.45. The van der Waals surface area contributed by atoms with E-state index >= 15 is 0 Å². The van der Waals surface area contributed by atoms with Crippen LogP contribution in [0.4, 0.5) is 11.4 Å². The van der Waals surface area contributed by atoms with Gasteiger partial charge in [0.05, 0.1) is 23.8 Å². The summed E-state index contributed by atoms with van der Waals surface area (Å²) in [6.45, 7) is 4.08. The first-order chi connectivity index (χ1) is 8.56. The van der Waals surface area contributed by atoms with Gasteiger partial charge in [-0.05, 0) is 26.0 Å². The van der Waals surface area contributed by atoms with Crippen LogP contribution in [-0.2, 0) is 0 Å². The molecule has 0 atom stereocenters. The monoisotopic (exact) mass is 246 g/mol. The third kappa shape index (κ3) is 2.65. The number of aromatic nitrogens is 3. The standard InChI is InChI=1S/C12H14N4O2/c1-8(2)16-7-10(6-14-16)15-9-3-4-11(12(17)18)13-5-9/h3-8,15H,1-2H3,(H,17,18). The van der Waals surface area contributed by atoms with Gasteiger partial charge in [-0.25, -0.2) is 9.78 Å². The van der Waals surface area contributed by atoms with Crippen LogP contribution in [0.15, 0.2) is 30.7 Å². The van der Waals surface area contributed by atoms with Gasteiger partial charge in [0.25, 0.3) is 0 Å². The van der Waals surface area contributed by atoms with Gasteiger partial charge >= 0.3 is 5.97 Å². The number of rotatable bonds is 4. The van der Waals surface area contributed by atoms with Gasteiger partial charge in [0.15, 0.2) is 0 Å². The van der Waals surface area contributed by atoms with Crippen LogP contribution in [0.1, 0.15) is 30.4 Å². The number of carbonyl (C=O) groups is 1. The number of pyridine rings is 1. The Hall–Kier alpha value is -2.37. The molecular weight excluding hydrogens is 232 g/mol. The molecule has 0 aromatic carbocycles. The summed E-state index contributed by atoms with van der Waals surface area (Å²) in [7, 11) is 0. The molecule has 0 bridgehead atoms. The molecule has 0 radical (unpaired) electrons. The van der Waals surface area contributed by atoms with Crippen molar-refractivity contribution < 1.29 is 9.90 Å². The highest BCUT2D eigenvalue weighted by molar-refractivity contribution is 5.85. The summed E-state index contributed by atoms with van der Waals surface area (Å²) in [6.07, 6.45) is 5.08. The largest absolute Gasteiger partial charge is 0.477 e.